The van der Waals surface area contributed by atoms with Gasteiger partial charge in [0.2, 0.25) is 5.95 Å². The van der Waals surface area contributed by atoms with Gasteiger partial charge in [-0.15, -0.1) is 0 Å². The van der Waals surface area contributed by atoms with Crippen LogP contribution in [0.15, 0.2) is 48.9 Å². The van der Waals surface area contributed by atoms with Crippen LogP contribution in [0.1, 0.15) is 26.3 Å². The van der Waals surface area contributed by atoms with Gasteiger partial charge in [0.25, 0.3) is 0 Å². The number of anilines is 3. The van der Waals surface area contributed by atoms with Gasteiger partial charge in [0, 0.05) is 37.5 Å². The molecule has 0 unspecified atom stereocenters. The van der Waals surface area contributed by atoms with Crippen LogP contribution in [0.2, 0.25) is 0 Å². The standard InChI is InChI=1S/C29H35F2N7O4S/c1-17-15-37(16-22(32)27(17)42-9-10-43(4,40)41)25-7-8-33-14-24(25)35-28-34-13-19-5-6-23(36-38(19)28)26-20(30)11-18(12-21(26)31)29(2,3)39/h5-8,11-14,17,22,27,39H,9-10,15-16,32H2,1-4H3,(H,34,35)/t17-,22+,27-/m0/s1. The molecule has 11 nitrogen and oxygen atoms in total. The zero-order valence-electron chi connectivity index (χ0n) is 24.3. The number of nitrogens with two attached hydrogens (primary N) is 1. The number of halogens is 2. The maximum absolute atomic E-state index is 15.1. The molecule has 3 atom stereocenters. The molecule has 0 radical (unpaired) electrons. The molecular weight excluding hydrogens is 580 g/mol. The summed E-state index contributed by atoms with van der Waals surface area (Å²) in [6, 6.07) is 6.84. The second-order valence-corrected chi connectivity index (χ2v) is 13.8. The SMILES string of the molecule is C[C@H]1CN(c2ccncc2Nc2ncc3ccc(-c4c(F)cc(C(C)(C)O)cc4F)nn23)C[C@@H](N)[C@H]1OCCS(C)(=O)=O. The Morgan fingerprint density at radius 2 is 1.88 bits per heavy atom. The minimum Gasteiger partial charge on any atom is -0.386 e. The van der Waals surface area contributed by atoms with Gasteiger partial charge in [-0.25, -0.2) is 22.2 Å². The Labute approximate surface area is 248 Å². The Hall–Kier alpha value is -3.72. The van der Waals surface area contributed by atoms with E-state index < -0.39 is 27.1 Å². The molecule has 230 valence electrons. The van der Waals surface area contributed by atoms with Crippen LogP contribution in [0.5, 0.6) is 0 Å². The summed E-state index contributed by atoms with van der Waals surface area (Å²) >= 11 is 0. The number of benzene rings is 1. The largest absolute Gasteiger partial charge is 0.386 e. The summed E-state index contributed by atoms with van der Waals surface area (Å²) in [5, 5.41) is 17.9. The first kappa shape index (κ1) is 30.7. The van der Waals surface area contributed by atoms with Crippen molar-refractivity contribution in [3.05, 3.63) is 66.1 Å². The Morgan fingerprint density at radius 1 is 1.16 bits per heavy atom. The van der Waals surface area contributed by atoms with Gasteiger partial charge in [-0.3, -0.25) is 4.98 Å². The molecule has 4 aromatic rings. The lowest BCUT2D eigenvalue weighted by Gasteiger charge is -2.42. The van der Waals surface area contributed by atoms with Crippen LogP contribution >= 0.6 is 0 Å². The summed E-state index contributed by atoms with van der Waals surface area (Å²) in [6.07, 6.45) is 5.75. The smallest absolute Gasteiger partial charge is 0.229 e. The fourth-order valence-corrected chi connectivity index (χ4v) is 5.68. The van der Waals surface area contributed by atoms with Crippen LogP contribution in [0.3, 0.4) is 0 Å². The Morgan fingerprint density at radius 3 is 2.53 bits per heavy atom. The highest BCUT2D eigenvalue weighted by Gasteiger charge is 2.34. The van der Waals surface area contributed by atoms with Gasteiger partial charge < -0.3 is 25.8 Å². The Bertz CT molecular complexity index is 1710. The van der Waals surface area contributed by atoms with E-state index in [1.165, 1.54) is 30.7 Å². The lowest BCUT2D eigenvalue weighted by molar-refractivity contribution is 0.00183. The zero-order valence-corrected chi connectivity index (χ0v) is 25.1. The summed E-state index contributed by atoms with van der Waals surface area (Å²) in [4.78, 5) is 10.8. The second kappa shape index (κ2) is 11.8. The molecule has 4 N–H and O–H groups in total. The molecule has 1 fully saturated rings. The molecule has 0 saturated carbocycles. The fourth-order valence-electron chi connectivity index (χ4n) is 5.28. The number of nitrogens with one attached hydrogen (secondary N) is 1. The molecule has 1 aromatic carbocycles. The van der Waals surface area contributed by atoms with Crippen molar-refractivity contribution in [1.82, 2.24) is 19.6 Å². The van der Waals surface area contributed by atoms with E-state index in [0.29, 0.717) is 30.2 Å². The quantitative estimate of drug-likeness (QED) is 0.256. The average molecular weight is 616 g/mol. The van der Waals surface area contributed by atoms with Gasteiger partial charge in [0.1, 0.15) is 21.5 Å². The number of sulfone groups is 1. The summed E-state index contributed by atoms with van der Waals surface area (Å²) < 4.78 is 60.5. The van der Waals surface area contributed by atoms with Gasteiger partial charge >= 0.3 is 0 Å². The Kier molecular flexibility index (Phi) is 8.40. The lowest BCUT2D eigenvalue weighted by atomic mass is 9.92. The number of ether oxygens (including phenoxy) is 1. The highest BCUT2D eigenvalue weighted by molar-refractivity contribution is 7.90. The maximum atomic E-state index is 15.1. The third-order valence-corrected chi connectivity index (χ3v) is 8.37. The molecule has 1 aliphatic rings. The Balaban J connectivity index is 1.40. The molecule has 0 spiro atoms. The monoisotopic (exact) mass is 615 g/mol. The number of fused-ring (bicyclic) bond motifs is 1. The number of aromatic nitrogens is 4. The van der Waals surface area contributed by atoms with E-state index in [9.17, 15) is 13.5 Å². The average Bonchev–Trinajstić information content (AvgIpc) is 3.31. The predicted molar refractivity (Wildman–Crippen MR) is 160 cm³/mol. The minimum atomic E-state index is -3.14. The van der Waals surface area contributed by atoms with E-state index in [0.717, 1.165) is 17.8 Å². The second-order valence-electron chi connectivity index (χ2n) is 11.5. The first-order valence-corrected chi connectivity index (χ1v) is 15.9. The van der Waals surface area contributed by atoms with E-state index in [1.54, 1.807) is 24.7 Å². The van der Waals surface area contributed by atoms with Crippen LogP contribution in [-0.4, -0.2) is 77.0 Å². The van der Waals surface area contributed by atoms with Crippen molar-refractivity contribution in [2.24, 2.45) is 11.7 Å². The molecule has 0 amide bonds. The number of pyridine rings is 1. The van der Waals surface area contributed by atoms with E-state index >= 15 is 8.78 Å². The van der Waals surface area contributed by atoms with Crippen molar-refractivity contribution in [3.63, 3.8) is 0 Å². The predicted octanol–water partition coefficient (Wildman–Crippen LogP) is 3.25. The number of hydrogen-bond acceptors (Lipinski definition) is 10. The van der Waals surface area contributed by atoms with Crippen molar-refractivity contribution in [2.75, 3.05) is 41.9 Å². The summed E-state index contributed by atoms with van der Waals surface area (Å²) in [7, 11) is -3.14. The first-order valence-electron chi connectivity index (χ1n) is 13.8. The third kappa shape index (κ3) is 6.77. The number of aliphatic hydroxyl groups is 1. The lowest BCUT2D eigenvalue weighted by Crippen LogP contribution is -2.57. The summed E-state index contributed by atoms with van der Waals surface area (Å²) in [6.45, 7) is 6.05. The molecule has 1 saturated heterocycles. The van der Waals surface area contributed by atoms with Crippen LogP contribution < -0.4 is 16.0 Å². The number of rotatable bonds is 9. The van der Waals surface area contributed by atoms with Crippen molar-refractivity contribution < 1.29 is 27.0 Å². The van der Waals surface area contributed by atoms with E-state index in [2.05, 4.69) is 25.3 Å². The number of piperidine rings is 1. The summed E-state index contributed by atoms with van der Waals surface area (Å²) in [5.41, 5.74) is 6.92. The van der Waals surface area contributed by atoms with Crippen LogP contribution in [0.4, 0.5) is 26.1 Å². The topological polar surface area (TPSA) is 148 Å². The first-order chi connectivity index (χ1) is 20.2. The van der Waals surface area contributed by atoms with Crippen molar-refractivity contribution in [1.29, 1.82) is 0 Å². The van der Waals surface area contributed by atoms with Gasteiger partial charge in [-0.1, -0.05) is 6.92 Å². The van der Waals surface area contributed by atoms with Gasteiger partial charge in [0.05, 0.1) is 64.6 Å². The van der Waals surface area contributed by atoms with Gasteiger partial charge in [-0.05, 0) is 49.7 Å². The highest BCUT2D eigenvalue weighted by Crippen LogP contribution is 2.33. The van der Waals surface area contributed by atoms with E-state index in [1.807, 2.05) is 13.0 Å². The molecule has 5 rings (SSSR count). The van der Waals surface area contributed by atoms with E-state index in [4.69, 9.17) is 10.5 Å². The number of hydrogen-bond donors (Lipinski definition) is 3. The van der Waals surface area contributed by atoms with Crippen molar-refractivity contribution in [2.45, 2.75) is 38.5 Å². The number of imidazole rings is 1. The normalized spacial score (nSPS) is 19.6. The van der Waals surface area contributed by atoms with Crippen molar-refractivity contribution in [3.8, 4) is 11.3 Å². The van der Waals surface area contributed by atoms with Crippen LogP contribution in [-0.2, 0) is 20.2 Å². The molecule has 4 heterocycles. The molecule has 0 bridgehead atoms. The minimum absolute atomic E-state index is 0.00777. The summed E-state index contributed by atoms with van der Waals surface area (Å²) in [5.74, 6) is -1.45. The van der Waals surface area contributed by atoms with Crippen molar-refractivity contribution >= 4 is 32.7 Å². The number of nitrogens with zero attached hydrogens (tertiary/aromatic N) is 5. The molecular formula is C29H35F2N7O4S. The molecule has 43 heavy (non-hydrogen) atoms. The fraction of sp³-hybridized carbons (Fsp3) is 0.414. The van der Waals surface area contributed by atoms with Gasteiger partial charge in [-0.2, -0.15) is 9.61 Å². The van der Waals surface area contributed by atoms with Crippen LogP contribution in [0, 0.1) is 17.6 Å². The molecule has 1 aliphatic heterocycles. The van der Waals surface area contributed by atoms with E-state index in [-0.39, 0.29) is 47.2 Å². The maximum Gasteiger partial charge on any atom is 0.229 e. The third-order valence-electron chi connectivity index (χ3n) is 7.46. The molecule has 14 heteroatoms. The highest BCUT2D eigenvalue weighted by atomic mass is 32.2. The molecule has 0 aliphatic carbocycles. The van der Waals surface area contributed by atoms with Crippen LogP contribution in [0.25, 0.3) is 16.8 Å². The zero-order chi connectivity index (χ0) is 31.1. The van der Waals surface area contributed by atoms with Gasteiger partial charge in [0.15, 0.2) is 0 Å². The molecule has 3 aromatic heterocycles.